The van der Waals surface area contributed by atoms with Crippen LogP contribution < -0.4 is 9.47 Å². The molecule has 9 nitrogen and oxygen atoms in total. The molecule has 5 rings (SSSR count). The second-order valence-corrected chi connectivity index (χ2v) is 11.7. The predicted molar refractivity (Wildman–Crippen MR) is 161 cm³/mol. The monoisotopic (exact) mass is 573 g/mol. The molecule has 0 atom stereocenters. The molecule has 42 heavy (non-hydrogen) atoms. The molecule has 0 aliphatic carbocycles. The highest BCUT2D eigenvalue weighted by Gasteiger charge is 2.45. The molecule has 1 fully saturated rings. The van der Waals surface area contributed by atoms with Crippen LogP contribution in [0.25, 0.3) is 5.69 Å². The molecule has 1 aromatic heterocycles. The first-order valence-corrected chi connectivity index (χ1v) is 15.3. The highest BCUT2D eigenvalue weighted by molar-refractivity contribution is 5.93. The van der Waals surface area contributed by atoms with Gasteiger partial charge >= 0.3 is 0 Å². The average Bonchev–Trinajstić information content (AvgIpc) is 3.38. The number of hydrogen-bond donors (Lipinski definition) is 0. The van der Waals surface area contributed by atoms with Gasteiger partial charge in [-0.25, -0.2) is 4.68 Å². The number of piperidine rings is 1. The fourth-order valence-electron chi connectivity index (χ4n) is 6.31. The Morgan fingerprint density at radius 3 is 2.52 bits per heavy atom. The normalized spacial score (nSPS) is 17.8. The maximum absolute atomic E-state index is 14.2. The Bertz CT molecular complexity index is 1390. The van der Waals surface area contributed by atoms with Crippen molar-refractivity contribution in [3.63, 3.8) is 0 Å². The Hall–Kier alpha value is -3.88. The number of hydrogen-bond acceptors (Lipinski definition) is 6. The summed E-state index contributed by atoms with van der Waals surface area (Å²) < 4.78 is 13.6. The molecule has 0 radical (unpaired) electrons. The average molecular weight is 574 g/mol. The lowest BCUT2D eigenvalue weighted by Gasteiger charge is -2.44. The number of nitrogens with zero attached hydrogens (tertiary/aromatic N) is 5. The molecule has 0 saturated carbocycles. The Morgan fingerprint density at radius 1 is 1.02 bits per heavy atom. The Morgan fingerprint density at radius 2 is 1.76 bits per heavy atom. The third kappa shape index (κ3) is 6.01. The number of aryl methyl sites for hydroxylation is 1. The van der Waals surface area contributed by atoms with E-state index in [1.165, 1.54) is 5.56 Å². The molecule has 3 heterocycles. The van der Waals surface area contributed by atoms with Gasteiger partial charge < -0.3 is 19.3 Å². The third-order valence-corrected chi connectivity index (χ3v) is 8.75. The minimum Gasteiger partial charge on any atom is -0.492 e. The zero-order valence-electron chi connectivity index (χ0n) is 25.3. The van der Waals surface area contributed by atoms with Crippen LogP contribution in [0.5, 0.6) is 11.5 Å². The summed E-state index contributed by atoms with van der Waals surface area (Å²) in [6.07, 6.45) is 4.97. The number of ether oxygens (including phenoxy) is 2. The van der Waals surface area contributed by atoms with Gasteiger partial charge in [0.25, 0.3) is 5.91 Å². The van der Waals surface area contributed by atoms with Crippen LogP contribution >= 0.6 is 0 Å². The maximum atomic E-state index is 14.2. The summed E-state index contributed by atoms with van der Waals surface area (Å²) in [7, 11) is 0. The molecular formula is C33H43N5O4. The molecule has 0 bridgehead atoms. The van der Waals surface area contributed by atoms with E-state index in [2.05, 4.69) is 36.3 Å². The standard InChI is InChI=1S/C33H43N5O4/c1-5-41-29-16-9-7-14-27(29)38-25(4)30(34-35-38)31(39)36-20-18-33(19-21-36)17-11-10-13-26-12-6-8-15-28(26)42-23-22-37(24(2)3)32(33)40/h6-9,12,14-16,24H,5,10-11,13,17-23H2,1-4H3. The fraction of sp³-hybridized carbons (Fsp3) is 0.515. The van der Waals surface area contributed by atoms with Crippen LogP contribution in [0, 0.1) is 12.3 Å². The molecule has 2 aliphatic rings. The van der Waals surface area contributed by atoms with Crippen LogP contribution in [0.15, 0.2) is 48.5 Å². The first-order valence-electron chi connectivity index (χ1n) is 15.3. The van der Waals surface area contributed by atoms with Gasteiger partial charge in [0.05, 0.1) is 24.3 Å². The molecule has 2 aliphatic heterocycles. The zero-order chi connectivity index (χ0) is 29.7. The topological polar surface area (TPSA) is 89.8 Å². The van der Waals surface area contributed by atoms with Crippen LogP contribution in [0.4, 0.5) is 0 Å². The van der Waals surface area contributed by atoms with E-state index in [1.54, 1.807) is 4.68 Å². The van der Waals surface area contributed by atoms with Crippen LogP contribution in [0.1, 0.15) is 74.6 Å². The van der Waals surface area contributed by atoms with Gasteiger partial charge in [-0.15, -0.1) is 5.10 Å². The summed E-state index contributed by atoms with van der Waals surface area (Å²) >= 11 is 0. The van der Waals surface area contributed by atoms with E-state index in [9.17, 15) is 9.59 Å². The second kappa shape index (κ2) is 13.0. The maximum Gasteiger partial charge on any atom is 0.276 e. The lowest BCUT2D eigenvalue weighted by molar-refractivity contribution is -0.148. The molecule has 0 unspecified atom stereocenters. The smallest absolute Gasteiger partial charge is 0.276 e. The molecule has 0 N–H and O–H groups in total. The quantitative estimate of drug-likeness (QED) is 0.415. The van der Waals surface area contributed by atoms with Crippen molar-refractivity contribution in [2.24, 2.45) is 5.41 Å². The van der Waals surface area contributed by atoms with E-state index in [-0.39, 0.29) is 17.9 Å². The summed E-state index contributed by atoms with van der Waals surface area (Å²) in [6, 6.07) is 15.9. The summed E-state index contributed by atoms with van der Waals surface area (Å²) in [5.74, 6) is 1.66. The van der Waals surface area contributed by atoms with Crippen LogP contribution in [-0.2, 0) is 11.2 Å². The number of rotatable bonds is 5. The van der Waals surface area contributed by atoms with Gasteiger partial charge in [0.15, 0.2) is 5.69 Å². The predicted octanol–water partition coefficient (Wildman–Crippen LogP) is 5.24. The van der Waals surface area contributed by atoms with Gasteiger partial charge in [0, 0.05) is 19.1 Å². The molecule has 2 aromatic carbocycles. The molecule has 2 amide bonds. The summed E-state index contributed by atoms with van der Waals surface area (Å²) in [6.45, 7) is 10.5. The summed E-state index contributed by atoms with van der Waals surface area (Å²) in [5, 5.41) is 8.60. The highest BCUT2D eigenvalue weighted by atomic mass is 16.5. The van der Waals surface area contributed by atoms with Crippen molar-refractivity contribution in [2.45, 2.75) is 72.3 Å². The largest absolute Gasteiger partial charge is 0.492 e. The van der Waals surface area contributed by atoms with Crippen molar-refractivity contribution in [3.05, 3.63) is 65.5 Å². The van der Waals surface area contributed by atoms with Crippen LogP contribution in [0.3, 0.4) is 0 Å². The Kier molecular flexibility index (Phi) is 9.14. The van der Waals surface area contributed by atoms with E-state index in [1.807, 2.05) is 60.0 Å². The van der Waals surface area contributed by atoms with E-state index < -0.39 is 5.41 Å². The van der Waals surface area contributed by atoms with E-state index in [0.29, 0.717) is 62.8 Å². The second-order valence-electron chi connectivity index (χ2n) is 11.7. The molecule has 224 valence electrons. The number of para-hydroxylation sites is 3. The SMILES string of the molecule is CCOc1ccccc1-n1nnc(C(=O)N2CCC3(CCCCc4ccccc4OCCN(C(C)C)C3=O)CC2)c1C. The van der Waals surface area contributed by atoms with E-state index >= 15 is 0 Å². The van der Waals surface area contributed by atoms with E-state index in [0.717, 1.165) is 37.1 Å². The highest BCUT2D eigenvalue weighted by Crippen LogP contribution is 2.40. The van der Waals surface area contributed by atoms with Gasteiger partial charge in [-0.2, -0.15) is 0 Å². The van der Waals surface area contributed by atoms with Crippen molar-refractivity contribution >= 4 is 11.8 Å². The number of amides is 2. The van der Waals surface area contributed by atoms with Gasteiger partial charge in [-0.3, -0.25) is 9.59 Å². The summed E-state index contributed by atoms with van der Waals surface area (Å²) in [5.41, 5.74) is 2.49. The van der Waals surface area contributed by atoms with Crippen molar-refractivity contribution < 1.29 is 19.1 Å². The number of fused-ring (bicyclic) bond motifs is 1. The third-order valence-electron chi connectivity index (χ3n) is 8.75. The summed E-state index contributed by atoms with van der Waals surface area (Å²) in [4.78, 5) is 31.7. The molecular weight excluding hydrogens is 530 g/mol. The number of aromatic nitrogens is 3. The van der Waals surface area contributed by atoms with E-state index in [4.69, 9.17) is 9.47 Å². The number of benzene rings is 2. The first kappa shape index (κ1) is 29.6. The first-order chi connectivity index (χ1) is 20.3. The zero-order valence-corrected chi connectivity index (χ0v) is 25.3. The minimum atomic E-state index is -0.483. The number of carbonyl (C=O) groups excluding carboxylic acids is 2. The fourth-order valence-corrected chi connectivity index (χ4v) is 6.31. The van der Waals surface area contributed by atoms with Crippen LogP contribution in [-0.4, -0.2) is 75.5 Å². The molecule has 3 aromatic rings. The Labute approximate surface area is 248 Å². The Balaban J connectivity index is 1.32. The molecule has 1 saturated heterocycles. The van der Waals surface area contributed by atoms with Crippen molar-refractivity contribution in [2.75, 3.05) is 32.8 Å². The van der Waals surface area contributed by atoms with Crippen molar-refractivity contribution in [1.82, 2.24) is 24.8 Å². The van der Waals surface area contributed by atoms with Gasteiger partial charge in [0.2, 0.25) is 5.91 Å². The molecule has 1 spiro atoms. The minimum absolute atomic E-state index is 0.0630. The van der Waals surface area contributed by atoms with Crippen molar-refractivity contribution in [3.8, 4) is 17.2 Å². The van der Waals surface area contributed by atoms with Crippen LogP contribution in [0.2, 0.25) is 0 Å². The van der Waals surface area contributed by atoms with Crippen molar-refractivity contribution in [1.29, 1.82) is 0 Å². The number of carbonyl (C=O) groups is 2. The van der Waals surface area contributed by atoms with Gasteiger partial charge in [0.1, 0.15) is 23.8 Å². The lowest BCUT2D eigenvalue weighted by atomic mass is 9.72. The molecule has 9 heteroatoms. The number of likely N-dealkylation sites (tertiary alicyclic amines) is 1. The lowest BCUT2D eigenvalue weighted by Crippen LogP contribution is -2.53. The van der Waals surface area contributed by atoms with Gasteiger partial charge in [-0.1, -0.05) is 42.0 Å². The van der Waals surface area contributed by atoms with Gasteiger partial charge in [-0.05, 0) is 83.6 Å².